The minimum Gasteiger partial charge on any atom is -0.355 e. The van der Waals surface area contributed by atoms with Gasteiger partial charge in [0.25, 0.3) is 0 Å². The van der Waals surface area contributed by atoms with E-state index >= 15 is 0 Å². The lowest BCUT2D eigenvalue weighted by atomic mass is 9.81. The molecule has 0 saturated carbocycles. The lowest BCUT2D eigenvalue weighted by Gasteiger charge is -2.35. The fourth-order valence-corrected chi connectivity index (χ4v) is 2.94. The third-order valence-corrected chi connectivity index (χ3v) is 4.59. The number of amides is 2. The number of rotatable bonds is 3. The van der Waals surface area contributed by atoms with Gasteiger partial charge < -0.3 is 16.0 Å². The topological polar surface area (TPSA) is 70.2 Å². The standard InChI is InChI=1S/C14H22F3N3O2.ClH/c1-13(4-6-18-7-5-13)8-19-11(21)9-2-3-10(14(15,16)17)20-12(9)22;/h9-10,18H,2-8H2,1H3,(H,19,21)(H,20,22);1H. The van der Waals surface area contributed by atoms with E-state index in [0.717, 1.165) is 25.9 Å². The molecule has 0 aromatic heterocycles. The monoisotopic (exact) mass is 357 g/mol. The molecule has 2 saturated heterocycles. The first-order chi connectivity index (χ1) is 10.2. The smallest absolute Gasteiger partial charge is 0.355 e. The highest BCUT2D eigenvalue weighted by Gasteiger charge is 2.46. The van der Waals surface area contributed by atoms with E-state index in [2.05, 4.69) is 17.6 Å². The second-order valence-corrected chi connectivity index (χ2v) is 6.51. The molecular formula is C14H23ClF3N3O2. The molecule has 2 amide bonds. The number of halogens is 4. The highest BCUT2D eigenvalue weighted by molar-refractivity contribution is 6.00. The number of carbonyl (C=O) groups excluding carboxylic acids is 2. The molecule has 0 bridgehead atoms. The molecular weight excluding hydrogens is 335 g/mol. The van der Waals surface area contributed by atoms with E-state index < -0.39 is 30.0 Å². The number of carbonyl (C=O) groups is 2. The minimum absolute atomic E-state index is 0. The molecule has 0 spiro atoms. The summed E-state index contributed by atoms with van der Waals surface area (Å²) in [6.45, 7) is 4.27. The zero-order valence-corrected chi connectivity index (χ0v) is 13.8. The van der Waals surface area contributed by atoms with Crippen molar-refractivity contribution in [1.82, 2.24) is 16.0 Å². The van der Waals surface area contributed by atoms with Crippen molar-refractivity contribution in [2.45, 2.75) is 44.8 Å². The van der Waals surface area contributed by atoms with E-state index in [1.807, 2.05) is 5.32 Å². The van der Waals surface area contributed by atoms with Crippen LogP contribution >= 0.6 is 12.4 Å². The minimum atomic E-state index is -4.46. The molecule has 5 nitrogen and oxygen atoms in total. The molecule has 2 heterocycles. The summed E-state index contributed by atoms with van der Waals surface area (Å²) < 4.78 is 37.7. The molecule has 2 aliphatic rings. The van der Waals surface area contributed by atoms with Crippen molar-refractivity contribution in [3.05, 3.63) is 0 Å². The summed E-state index contributed by atoms with van der Waals surface area (Å²) in [6, 6.07) is -1.84. The van der Waals surface area contributed by atoms with Crippen molar-refractivity contribution in [2.24, 2.45) is 11.3 Å². The van der Waals surface area contributed by atoms with Gasteiger partial charge in [0.2, 0.25) is 11.8 Å². The van der Waals surface area contributed by atoms with Crippen molar-refractivity contribution in [2.75, 3.05) is 19.6 Å². The highest BCUT2D eigenvalue weighted by Crippen LogP contribution is 2.29. The van der Waals surface area contributed by atoms with E-state index in [-0.39, 0.29) is 30.7 Å². The van der Waals surface area contributed by atoms with Crippen LogP contribution in [-0.4, -0.2) is 43.7 Å². The molecule has 2 fully saturated rings. The fourth-order valence-electron chi connectivity index (χ4n) is 2.94. The van der Waals surface area contributed by atoms with Crippen molar-refractivity contribution in [1.29, 1.82) is 0 Å². The molecule has 0 aliphatic carbocycles. The average molecular weight is 358 g/mol. The van der Waals surface area contributed by atoms with Crippen LogP contribution in [0.1, 0.15) is 32.6 Å². The Balaban J connectivity index is 0.00000264. The lowest BCUT2D eigenvalue weighted by Crippen LogP contribution is -2.55. The van der Waals surface area contributed by atoms with Crippen LogP contribution in [0.15, 0.2) is 0 Å². The quantitative estimate of drug-likeness (QED) is 0.668. The van der Waals surface area contributed by atoms with Gasteiger partial charge in [0.05, 0.1) is 0 Å². The van der Waals surface area contributed by atoms with Gasteiger partial charge in [0.1, 0.15) is 12.0 Å². The predicted molar refractivity (Wildman–Crippen MR) is 81.2 cm³/mol. The maximum Gasteiger partial charge on any atom is 0.408 e. The van der Waals surface area contributed by atoms with Gasteiger partial charge >= 0.3 is 6.18 Å². The summed E-state index contributed by atoms with van der Waals surface area (Å²) >= 11 is 0. The van der Waals surface area contributed by atoms with Crippen LogP contribution in [0.2, 0.25) is 0 Å². The molecule has 9 heteroatoms. The van der Waals surface area contributed by atoms with Crippen LogP contribution in [0, 0.1) is 11.3 Å². The van der Waals surface area contributed by atoms with Crippen LogP contribution in [0.5, 0.6) is 0 Å². The highest BCUT2D eigenvalue weighted by atomic mass is 35.5. The lowest BCUT2D eigenvalue weighted by molar-refractivity contribution is -0.171. The van der Waals surface area contributed by atoms with Gasteiger partial charge in [-0.3, -0.25) is 9.59 Å². The Morgan fingerprint density at radius 1 is 1.30 bits per heavy atom. The fraction of sp³-hybridized carbons (Fsp3) is 0.857. The number of alkyl halides is 3. The summed E-state index contributed by atoms with van der Waals surface area (Å²) in [4.78, 5) is 23.8. The van der Waals surface area contributed by atoms with E-state index in [1.165, 1.54) is 0 Å². The maximum atomic E-state index is 12.6. The summed E-state index contributed by atoms with van der Waals surface area (Å²) in [5, 5.41) is 7.87. The van der Waals surface area contributed by atoms with Crippen molar-refractivity contribution in [3.8, 4) is 0 Å². The second kappa shape index (κ2) is 7.70. The van der Waals surface area contributed by atoms with Crippen LogP contribution < -0.4 is 16.0 Å². The first-order valence-electron chi connectivity index (χ1n) is 7.57. The SMILES string of the molecule is CC1(CNC(=O)C2CCC(C(F)(F)F)NC2=O)CCNCC1.Cl. The third-order valence-electron chi connectivity index (χ3n) is 4.59. The Kier molecular flexibility index (Phi) is 6.70. The summed E-state index contributed by atoms with van der Waals surface area (Å²) in [5.74, 6) is -2.33. The normalized spacial score (nSPS) is 27.6. The molecule has 2 aliphatic heterocycles. The zero-order valence-electron chi connectivity index (χ0n) is 13.0. The molecule has 2 atom stereocenters. The Morgan fingerprint density at radius 2 is 1.91 bits per heavy atom. The zero-order chi connectivity index (χ0) is 16.4. The Hall–Kier alpha value is -1.02. The Morgan fingerprint density at radius 3 is 2.43 bits per heavy atom. The van der Waals surface area contributed by atoms with Gasteiger partial charge in [0.15, 0.2) is 0 Å². The molecule has 0 radical (unpaired) electrons. The van der Waals surface area contributed by atoms with E-state index in [0.29, 0.717) is 6.54 Å². The van der Waals surface area contributed by atoms with Crippen LogP contribution in [0.4, 0.5) is 13.2 Å². The molecule has 3 N–H and O–H groups in total. The first-order valence-corrected chi connectivity index (χ1v) is 7.57. The number of hydrogen-bond acceptors (Lipinski definition) is 3. The molecule has 0 aromatic rings. The van der Waals surface area contributed by atoms with E-state index in [4.69, 9.17) is 0 Å². The number of nitrogens with one attached hydrogen (secondary N) is 3. The van der Waals surface area contributed by atoms with E-state index in [1.54, 1.807) is 0 Å². The summed E-state index contributed by atoms with van der Waals surface area (Å²) in [6.07, 6.45) is -2.95. The summed E-state index contributed by atoms with van der Waals surface area (Å²) in [5.41, 5.74) is -0.0272. The number of hydrogen-bond donors (Lipinski definition) is 3. The van der Waals surface area contributed by atoms with E-state index in [9.17, 15) is 22.8 Å². The average Bonchev–Trinajstić information content (AvgIpc) is 2.44. The third kappa shape index (κ3) is 5.24. The van der Waals surface area contributed by atoms with Gasteiger partial charge in [-0.25, -0.2) is 0 Å². The van der Waals surface area contributed by atoms with Gasteiger partial charge in [-0.2, -0.15) is 13.2 Å². The predicted octanol–water partition coefficient (Wildman–Crippen LogP) is 1.37. The number of piperidine rings is 2. The second-order valence-electron chi connectivity index (χ2n) is 6.51. The van der Waals surface area contributed by atoms with Gasteiger partial charge in [0, 0.05) is 6.54 Å². The Labute approximate surface area is 139 Å². The molecule has 2 unspecified atom stereocenters. The van der Waals surface area contributed by atoms with Gasteiger partial charge in [-0.05, 0) is 44.2 Å². The van der Waals surface area contributed by atoms with Gasteiger partial charge in [-0.15, -0.1) is 12.4 Å². The van der Waals surface area contributed by atoms with Crippen LogP contribution in [-0.2, 0) is 9.59 Å². The molecule has 2 rings (SSSR count). The maximum absolute atomic E-state index is 12.6. The van der Waals surface area contributed by atoms with Crippen molar-refractivity contribution in [3.63, 3.8) is 0 Å². The first kappa shape index (κ1) is 20.0. The Bertz CT molecular complexity index is 439. The molecule has 23 heavy (non-hydrogen) atoms. The van der Waals surface area contributed by atoms with Crippen molar-refractivity contribution < 1.29 is 22.8 Å². The summed E-state index contributed by atoms with van der Waals surface area (Å²) in [7, 11) is 0. The van der Waals surface area contributed by atoms with Crippen LogP contribution in [0.25, 0.3) is 0 Å². The molecule has 0 aromatic carbocycles. The largest absolute Gasteiger partial charge is 0.408 e. The van der Waals surface area contributed by atoms with Crippen LogP contribution in [0.3, 0.4) is 0 Å². The van der Waals surface area contributed by atoms with Crippen molar-refractivity contribution >= 4 is 24.2 Å². The van der Waals surface area contributed by atoms with Gasteiger partial charge in [-0.1, -0.05) is 6.92 Å². The molecule has 134 valence electrons.